The van der Waals surface area contributed by atoms with E-state index in [0.717, 1.165) is 12.8 Å². The molecule has 0 saturated heterocycles. The molecule has 0 atom stereocenters. The van der Waals surface area contributed by atoms with Gasteiger partial charge in [0.25, 0.3) is 0 Å². The van der Waals surface area contributed by atoms with E-state index in [-0.39, 0.29) is 0 Å². The zero-order valence-corrected chi connectivity index (χ0v) is 14.0. The first kappa shape index (κ1) is 17.5. The zero-order chi connectivity index (χ0) is 16.7. The Kier molecular flexibility index (Phi) is 8.51. The maximum absolute atomic E-state index is 2.17. The number of hydrogen-bond donors (Lipinski definition) is 0. The van der Waals surface area contributed by atoms with Gasteiger partial charge >= 0.3 is 0 Å². The van der Waals surface area contributed by atoms with E-state index in [1.807, 2.05) is 36.4 Å². The Morgan fingerprint density at radius 2 is 0.750 bits per heavy atom. The molecule has 0 amide bonds. The molecule has 0 aliphatic carbocycles. The second-order valence-electron chi connectivity index (χ2n) is 5.39. The first-order valence-corrected chi connectivity index (χ1v) is 8.34. The van der Waals surface area contributed by atoms with Crippen LogP contribution in [0.4, 0.5) is 0 Å². The molecule has 0 radical (unpaired) electrons. The smallest absolute Gasteiger partial charge is 0.00943 e. The van der Waals surface area contributed by atoms with Crippen LogP contribution in [-0.2, 0) is 12.8 Å². The molecule has 2 rings (SSSR count). The summed E-state index contributed by atoms with van der Waals surface area (Å²) in [6, 6.07) is 20.9. The lowest BCUT2D eigenvalue weighted by atomic mass is 10.1. The predicted octanol–water partition coefficient (Wildman–Crippen LogP) is 6.25. The molecule has 0 spiro atoms. The first-order valence-electron chi connectivity index (χ1n) is 8.34. The molecule has 0 nitrogen and oxygen atoms in total. The van der Waals surface area contributed by atoms with Crippen LogP contribution in [0.25, 0.3) is 0 Å². The molecule has 0 saturated carbocycles. The van der Waals surface area contributed by atoms with Crippen LogP contribution in [-0.4, -0.2) is 0 Å². The zero-order valence-electron chi connectivity index (χ0n) is 14.0. The highest BCUT2D eigenvalue weighted by Gasteiger charge is 1.84. The quantitative estimate of drug-likeness (QED) is 0.505. The molecule has 0 aliphatic rings. The second-order valence-corrected chi connectivity index (χ2v) is 5.39. The van der Waals surface area contributed by atoms with Gasteiger partial charge in [0.05, 0.1) is 0 Å². The summed E-state index contributed by atoms with van der Waals surface area (Å²) in [5, 5.41) is 0. The highest BCUT2D eigenvalue weighted by molar-refractivity contribution is 5.22. The van der Waals surface area contributed by atoms with Gasteiger partial charge in [-0.15, -0.1) is 0 Å². The van der Waals surface area contributed by atoms with Crippen LogP contribution in [0, 0.1) is 0 Å². The molecule has 0 N–H and O–H groups in total. The topological polar surface area (TPSA) is 0 Å². The van der Waals surface area contributed by atoms with E-state index in [1.54, 1.807) is 0 Å². The van der Waals surface area contributed by atoms with Crippen molar-refractivity contribution in [3.05, 3.63) is 133 Å². The molecule has 120 valence electrons. The van der Waals surface area contributed by atoms with Crippen molar-refractivity contribution < 1.29 is 0 Å². The van der Waals surface area contributed by atoms with Gasteiger partial charge in [0.15, 0.2) is 0 Å². The third-order valence-electron chi connectivity index (χ3n) is 3.44. The average Bonchev–Trinajstić information content (AvgIpc) is 2.64. The van der Waals surface area contributed by atoms with Gasteiger partial charge in [-0.2, -0.15) is 0 Å². The Hall–Kier alpha value is -2.86. The summed E-state index contributed by atoms with van der Waals surface area (Å²) >= 11 is 0. The van der Waals surface area contributed by atoms with Gasteiger partial charge in [0.2, 0.25) is 0 Å². The number of benzene rings is 2. The largest absolute Gasteiger partial charge is 0.0801 e. The normalized spacial score (nSPS) is 12.5. The molecule has 0 aliphatic heterocycles. The molecule has 0 aromatic heterocycles. The van der Waals surface area contributed by atoms with Crippen molar-refractivity contribution in [1.29, 1.82) is 0 Å². The minimum absolute atomic E-state index is 0.973. The van der Waals surface area contributed by atoms with E-state index in [4.69, 9.17) is 0 Å². The van der Waals surface area contributed by atoms with E-state index >= 15 is 0 Å². The number of allylic oxidation sites excluding steroid dienone is 10. The summed E-state index contributed by atoms with van der Waals surface area (Å²) in [6.07, 6.45) is 22.7. The Balaban J connectivity index is 1.61. The number of hydrogen-bond acceptors (Lipinski definition) is 0. The molecule has 2 aromatic carbocycles. The molecule has 0 fully saturated rings. The average molecular weight is 312 g/mol. The van der Waals surface area contributed by atoms with Crippen LogP contribution in [0.2, 0.25) is 0 Å². The van der Waals surface area contributed by atoms with Crippen molar-refractivity contribution in [2.24, 2.45) is 0 Å². The monoisotopic (exact) mass is 312 g/mol. The maximum atomic E-state index is 2.17. The Morgan fingerprint density at radius 1 is 0.417 bits per heavy atom. The fraction of sp³-hybridized carbons (Fsp3) is 0.0833. The van der Waals surface area contributed by atoms with Gasteiger partial charge in [0, 0.05) is 0 Å². The molecule has 2 aromatic rings. The van der Waals surface area contributed by atoms with Gasteiger partial charge in [-0.3, -0.25) is 0 Å². The van der Waals surface area contributed by atoms with E-state index in [9.17, 15) is 0 Å². The van der Waals surface area contributed by atoms with Crippen molar-refractivity contribution >= 4 is 0 Å². The van der Waals surface area contributed by atoms with Crippen LogP contribution in [0.1, 0.15) is 11.1 Å². The first-order chi connectivity index (χ1) is 11.9. The third-order valence-corrected chi connectivity index (χ3v) is 3.44. The van der Waals surface area contributed by atoms with E-state index in [2.05, 4.69) is 85.0 Å². The summed E-state index contributed by atoms with van der Waals surface area (Å²) in [6.45, 7) is 0. The molecule has 0 heteroatoms. The highest BCUT2D eigenvalue weighted by atomic mass is 13.9. The van der Waals surface area contributed by atoms with Crippen molar-refractivity contribution in [2.75, 3.05) is 0 Å². The summed E-state index contributed by atoms with van der Waals surface area (Å²) in [5.74, 6) is 0. The lowest BCUT2D eigenvalue weighted by Crippen LogP contribution is -1.77. The molecule has 0 bridgehead atoms. The van der Waals surface area contributed by atoms with Gasteiger partial charge in [0.1, 0.15) is 0 Å². The number of rotatable bonds is 8. The minimum Gasteiger partial charge on any atom is -0.0801 e. The molecule has 24 heavy (non-hydrogen) atoms. The SMILES string of the molecule is C(=C\C=C\C=C\Cc1ccccc1)/C=C/C=C/Cc1ccccc1. The molecule has 0 unspecified atom stereocenters. The van der Waals surface area contributed by atoms with Crippen LogP contribution >= 0.6 is 0 Å². The van der Waals surface area contributed by atoms with Crippen LogP contribution < -0.4 is 0 Å². The maximum Gasteiger partial charge on any atom is -0.00943 e. The Labute approximate surface area is 145 Å². The van der Waals surface area contributed by atoms with Crippen molar-refractivity contribution in [1.82, 2.24) is 0 Å². The van der Waals surface area contributed by atoms with Crippen molar-refractivity contribution in [3.63, 3.8) is 0 Å². The predicted molar refractivity (Wildman–Crippen MR) is 106 cm³/mol. The fourth-order valence-corrected chi connectivity index (χ4v) is 2.18. The van der Waals surface area contributed by atoms with Crippen LogP contribution in [0.15, 0.2) is 121 Å². The van der Waals surface area contributed by atoms with Gasteiger partial charge < -0.3 is 0 Å². The van der Waals surface area contributed by atoms with Gasteiger partial charge in [-0.25, -0.2) is 0 Å². The lowest BCUT2D eigenvalue weighted by Gasteiger charge is -1.92. The van der Waals surface area contributed by atoms with Crippen LogP contribution in [0.3, 0.4) is 0 Å². The summed E-state index contributed by atoms with van der Waals surface area (Å²) in [7, 11) is 0. The summed E-state index contributed by atoms with van der Waals surface area (Å²) in [5.41, 5.74) is 2.67. The second kappa shape index (κ2) is 11.7. The Bertz CT molecular complexity index is 635. The van der Waals surface area contributed by atoms with E-state index < -0.39 is 0 Å². The van der Waals surface area contributed by atoms with Gasteiger partial charge in [-0.1, -0.05) is 121 Å². The van der Waals surface area contributed by atoms with Gasteiger partial charge in [-0.05, 0) is 24.0 Å². The van der Waals surface area contributed by atoms with Crippen LogP contribution in [0.5, 0.6) is 0 Å². The third kappa shape index (κ3) is 7.95. The minimum atomic E-state index is 0.973. The molecular weight excluding hydrogens is 288 g/mol. The van der Waals surface area contributed by atoms with E-state index in [0.29, 0.717) is 0 Å². The summed E-state index contributed by atoms with van der Waals surface area (Å²) in [4.78, 5) is 0. The Morgan fingerprint density at radius 3 is 1.12 bits per heavy atom. The van der Waals surface area contributed by atoms with E-state index in [1.165, 1.54) is 11.1 Å². The lowest BCUT2D eigenvalue weighted by molar-refractivity contribution is 1.27. The molecule has 0 heterocycles. The standard InChI is InChI=1S/C24H24/c1(3-5-7-11-17-23-19-13-9-14-20-23)2-4-6-8-12-18-24-21-15-10-16-22-24/h1-16,19-22H,17-18H2/b2-1+,5-3+,6-4+,11-7+,12-8+. The summed E-state index contributed by atoms with van der Waals surface area (Å²) < 4.78 is 0. The molecular formula is C24H24. The fourth-order valence-electron chi connectivity index (χ4n) is 2.18. The van der Waals surface area contributed by atoms with Crippen molar-refractivity contribution in [3.8, 4) is 0 Å². The highest BCUT2D eigenvalue weighted by Crippen LogP contribution is 2.01. The van der Waals surface area contributed by atoms with Crippen molar-refractivity contribution in [2.45, 2.75) is 12.8 Å².